The smallest absolute Gasteiger partial charge is 0.193 e. The van der Waals surface area contributed by atoms with Crippen LogP contribution in [0.5, 0.6) is 5.75 Å². The molecule has 2 heterocycles. The summed E-state index contributed by atoms with van der Waals surface area (Å²) in [6.07, 6.45) is 2.25. The predicted molar refractivity (Wildman–Crippen MR) is 139 cm³/mol. The van der Waals surface area contributed by atoms with Crippen LogP contribution in [0.15, 0.2) is 29.3 Å². The summed E-state index contributed by atoms with van der Waals surface area (Å²) < 4.78 is 10.8. The van der Waals surface area contributed by atoms with Crippen LogP contribution in [0.3, 0.4) is 0 Å². The predicted octanol–water partition coefficient (Wildman–Crippen LogP) is 2.76. The van der Waals surface area contributed by atoms with Crippen LogP contribution in [-0.4, -0.2) is 95.5 Å². The van der Waals surface area contributed by atoms with Crippen LogP contribution in [-0.2, 0) is 4.74 Å². The van der Waals surface area contributed by atoms with Gasteiger partial charge in [0.2, 0.25) is 0 Å². The van der Waals surface area contributed by atoms with Gasteiger partial charge in [-0.2, -0.15) is 0 Å². The summed E-state index contributed by atoms with van der Waals surface area (Å²) in [4.78, 5) is 12.1. The molecule has 0 bridgehead atoms. The third kappa shape index (κ3) is 8.31. The highest BCUT2D eigenvalue weighted by molar-refractivity contribution is 14.0. The van der Waals surface area contributed by atoms with E-state index in [1.165, 1.54) is 5.69 Å². The Morgan fingerprint density at radius 3 is 2.58 bits per heavy atom. The first-order valence-corrected chi connectivity index (χ1v) is 11.4. The first kappa shape index (κ1) is 26.0. The molecule has 0 amide bonds. The van der Waals surface area contributed by atoms with E-state index < -0.39 is 0 Å². The van der Waals surface area contributed by atoms with Gasteiger partial charge in [-0.15, -0.1) is 24.0 Å². The Labute approximate surface area is 205 Å². The van der Waals surface area contributed by atoms with Gasteiger partial charge >= 0.3 is 0 Å². The second-order valence-electron chi connectivity index (χ2n) is 8.23. The highest BCUT2D eigenvalue weighted by Gasteiger charge is 2.19. The van der Waals surface area contributed by atoms with E-state index in [2.05, 4.69) is 46.1 Å². The van der Waals surface area contributed by atoms with Gasteiger partial charge in [0.15, 0.2) is 5.96 Å². The van der Waals surface area contributed by atoms with E-state index >= 15 is 0 Å². The van der Waals surface area contributed by atoms with Gasteiger partial charge in [-0.25, -0.2) is 0 Å². The Kier molecular flexibility index (Phi) is 11.7. The molecule has 2 saturated heterocycles. The van der Waals surface area contributed by atoms with Crippen LogP contribution >= 0.6 is 24.0 Å². The molecule has 8 heteroatoms. The fraction of sp³-hybridized carbons (Fsp3) is 0.696. The van der Waals surface area contributed by atoms with E-state index in [9.17, 15) is 0 Å². The molecule has 0 aromatic heterocycles. The summed E-state index contributed by atoms with van der Waals surface area (Å²) in [7, 11) is 3.85. The second-order valence-corrected chi connectivity index (χ2v) is 8.23. The monoisotopic (exact) mass is 545 g/mol. The quantitative estimate of drug-likeness (QED) is 0.223. The van der Waals surface area contributed by atoms with Gasteiger partial charge in [-0.05, 0) is 44.0 Å². The van der Waals surface area contributed by atoms with Crippen molar-refractivity contribution in [1.82, 2.24) is 15.1 Å². The molecule has 176 valence electrons. The van der Waals surface area contributed by atoms with E-state index in [0.717, 1.165) is 90.1 Å². The lowest BCUT2D eigenvalue weighted by atomic mass is 10.1. The molecule has 3 rings (SSSR count). The Bertz CT molecular complexity index is 644. The van der Waals surface area contributed by atoms with Crippen LogP contribution in [0.2, 0.25) is 0 Å². The van der Waals surface area contributed by atoms with Crippen molar-refractivity contribution in [3.63, 3.8) is 0 Å². The molecule has 1 atom stereocenters. The zero-order valence-corrected chi connectivity index (χ0v) is 21.7. The van der Waals surface area contributed by atoms with Gasteiger partial charge < -0.3 is 24.6 Å². The van der Waals surface area contributed by atoms with Crippen molar-refractivity contribution in [1.29, 1.82) is 0 Å². The Balaban J connectivity index is 0.00000341. The fourth-order valence-electron chi connectivity index (χ4n) is 4.17. The van der Waals surface area contributed by atoms with Gasteiger partial charge in [0.05, 0.1) is 13.7 Å². The number of ether oxygens (including phenoxy) is 2. The minimum atomic E-state index is 0. The molecule has 31 heavy (non-hydrogen) atoms. The van der Waals surface area contributed by atoms with E-state index in [0.29, 0.717) is 5.92 Å². The average Bonchev–Trinajstić information content (AvgIpc) is 3.29. The zero-order chi connectivity index (χ0) is 21.2. The summed E-state index contributed by atoms with van der Waals surface area (Å²) >= 11 is 0. The van der Waals surface area contributed by atoms with Gasteiger partial charge in [0.1, 0.15) is 5.75 Å². The normalized spacial score (nSPS) is 19.8. The number of aliphatic imine (C=N–C) groups is 1. The Morgan fingerprint density at radius 2 is 1.97 bits per heavy atom. The van der Waals surface area contributed by atoms with Crippen LogP contribution in [0.4, 0.5) is 5.69 Å². The summed E-state index contributed by atoms with van der Waals surface area (Å²) in [6.45, 7) is 12.2. The standard InChI is InChI=1S/C23H39N5O2.HI/c1-4-24-23(26(2)18-20-10-17-30-19-20)25-11-5-12-27-13-15-28(16-14-27)21-6-8-22(29-3)9-7-21;/h6-9,20H,4-5,10-19H2,1-3H3,(H,24,25);1H. The SMILES string of the molecule is CCNC(=NCCCN1CCN(c2ccc(OC)cc2)CC1)N(C)CC1CCOC1.I. The maximum atomic E-state index is 5.51. The largest absolute Gasteiger partial charge is 0.497 e. The molecule has 1 unspecified atom stereocenters. The minimum Gasteiger partial charge on any atom is -0.497 e. The lowest BCUT2D eigenvalue weighted by molar-refractivity contribution is 0.181. The molecule has 2 fully saturated rings. The van der Waals surface area contributed by atoms with Crippen molar-refractivity contribution in [2.45, 2.75) is 19.8 Å². The lowest BCUT2D eigenvalue weighted by Gasteiger charge is -2.36. The molecule has 7 nitrogen and oxygen atoms in total. The first-order chi connectivity index (χ1) is 14.7. The molecular formula is C23H40IN5O2. The topological polar surface area (TPSA) is 52.6 Å². The van der Waals surface area contributed by atoms with E-state index in [-0.39, 0.29) is 24.0 Å². The molecule has 2 aliphatic heterocycles. The summed E-state index contributed by atoms with van der Waals surface area (Å²) in [5.74, 6) is 2.56. The number of hydrogen-bond acceptors (Lipinski definition) is 5. The van der Waals surface area contributed by atoms with Crippen LogP contribution in [0, 0.1) is 5.92 Å². The second kappa shape index (κ2) is 14.0. The number of methoxy groups -OCH3 is 1. The minimum absolute atomic E-state index is 0. The van der Waals surface area contributed by atoms with Gasteiger partial charge in [0, 0.05) is 77.6 Å². The van der Waals surface area contributed by atoms with Crippen molar-refractivity contribution >= 4 is 35.6 Å². The summed E-state index contributed by atoms with van der Waals surface area (Å²) in [6, 6.07) is 8.39. The van der Waals surface area contributed by atoms with Crippen LogP contribution < -0.4 is 15.0 Å². The number of piperazine rings is 1. The van der Waals surface area contributed by atoms with Crippen LogP contribution in [0.25, 0.3) is 0 Å². The number of rotatable bonds is 9. The van der Waals surface area contributed by atoms with E-state index in [1.54, 1.807) is 7.11 Å². The maximum Gasteiger partial charge on any atom is 0.193 e. The highest BCUT2D eigenvalue weighted by atomic mass is 127. The number of nitrogens with zero attached hydrogens (tertiary/aromatic N) is 4. The van der Waals surface area contributed by atoms with Crippen molar-refractivity contribution in [2.75, 3.05) is 84.6 Å². The number of nitrogens with one attached hydrogen (secondary N) is 1. The number of guanidine groups is 1. The number of halogens is 1. The lowest BCUT2D eigenvalue weighted by Crippen LogP contribution is -2.46. The molecule has 1 aromatic rings. The van der Waals surface area contributed by atoms with Crippen molar-refractivity contribution in [2.24, 2.45) is 10.9 Å². The number of hydrogen-bond donors (Lipinski definition) is 1. The number of benzene rings is 1. The molecule has 1 N–H and O–H groups in total. The van der Waals surface area contributed by atoms with E-state index in [1.807, 2.05) is 12.1 Å². The third-order valence-corrected chi connectivity index (χ3v) is 5.96. The third-order valence-electron chi connectivity index (χ3n) is 5.96. The molecule has 0 aliphatic carbocycles. The summed E-state index contributed by atoms with van der Waals surface area (Å²) in [5.41, 5.74) is 1.28. The maximum absolute atomic E-state index is 5.51. The fourth-order valence-corrected chi connectivity index (χ4v) is 4.17. The van der Waals surface area contributed by atoms with Crippen LogP contribution in [0.1, 0.15) is 19.8 Å². The molecule has 0 radical (unpaired) electrons. The van der Waals surface area contributed by atoms with Gasteiger partial charge in [0.25, 0.3) is 0 Å². The molecule has 1 aromatic carbocycles. The Hall–Kier alpha value is -1.26. The molecular weight excluding hydrogens is 505 g/mol. The average molecular weight is 546 g/mol. The first-order valence-electron chi connectivity index (χ1n) is 11.4. The highest BCUT2D eigenvalue weighted by Crippen LogP contribution is 2.20. The van der Waals surface area contributed by atoms with Crippen molar-refractivity contribution in [3.8, 4) is 5.75 Å². The Morgan fingerprint density at radius 1 is 1.23 bits per heavy atom. The molecule has 0 spiro atoms. The summed E-state index contributed by atoms with van der Waals surface area (Å²) in [5, 5.41) is 3.43. The van der Waals surface area contributed by atoms with Crippen molar-refractivity contribution in [3.05, 3.63) is 24.3 Å². The van der Waals surface area contributed by atoms with Gasteiger partial charge in [-0.1, -0.05) is 0 Å². The van der Waals surface area contributed by atoms with Crippen molar-refractivity contribution < 1.29 is 9.47 Å². The molecule has 0 saturated carbocycles. The zero-order valence-electron chi connectivity index (χ0n) is 19.4. The van der Waals surface area contributed by atoms with E-state index in [4.69, 9.17) is 14.5 Å². The number of anilines is 1. The molecule has 2 aliphatic rings. The van der Waals surface area contributed by atoms with Gasteiger partial charge in [-0.3, -0.25) is 9.89 Å².